The Morgan fingerprint density at radius 3 is 2.28 bits per heavy atom. The van der Waals surface area contributed by atoms with Crippen LogP contribution in [0.1, 0.15) is 67.5 Å². The second kappa shape index (κ2) is 13.3. The number of hydrogen-bond acceptors (Lipinski definition) is 3. The number of rotatable bonds is 12. The molecule has 1 atom stereocenters. The molecule has 206 valence electrons. The number of aryl methyl sites for hydroxylation is 1. The van der Waals surface area contributed by atoms with Crippen molar-refractivity contribution in [3.8, 4) is 0 Å². The van der Waals surface area contributed by atoms with Crippen molar-refractivity contribution in [1.82, 2.24) is 19.4 Å². The predicted molar refractivity (Wildman–Crippen MR) is 162 cm³/mol. The van der Waals surface area contributed by atoms with Crippen LogP contribution in [-0.4, -0.2) is 51.4 Å². The van der Waals surface area contributed by atoms with Gasteiger partial charge in [-0.2, -0.15) is 0 Å². The fourth-order valence-corrected chi connectivity index (χ4v) is 5.48. The maximum absolute atomic E-state index is 14.2. The highest BCUT2D eigenvalue weighted by Gasteiger charge is 2.33. The minimum Gasteiger partial charge on any atom is -0.328 e. The molecule has 0 saturated carbocycles. The fourth-order valence-electron chi connectivity index (χ4n) is 5.31. The van der Waals surface area contributed by atoms with Crippen molar-refractivity contribution in [3.63, 3.8) is 0 Å². The molecule has 0 aliphatic rings. The lowest BCUT2D eigenvalue weighted by Crippen LogP contribution is -2.40. The summed E-state index contributed by atoms with van der Waals surface area (Å²) < 4.78 is 2.27. The Morgan fingerprint density at radius 1 is 0.949 bits per heavy atom. The van der Waals surface area contributed by atoms with Crippen molar-refractivity contribution < 1.29 is 4.79 Å². The first-order valence-corrected chi connectivity index (χ1v) is 14.5. The maximum atomic E-state index is 14.2. The Bertz CT molecular complexity index is 1360. The molecular formula is C33H41ClN4O. The number of imidazole rings is 1. The zero-order valence-electron chi connectivity index (χ0n) is 23.9. The topological polar surface area (TPSA) is 41.4 Å². The van der Waals surface area contributed by atoms with E-state index in [1.807, 2.05) is 55.5 Å². The number of carbonyl (C=O) groups excluding carboxylic acids is 1. The highest BCUT2D eigenvalue weighted by atomic mass is 35.5. The Kier molecular flexibility index (Phi) is 9.82. The molecule has 0 aliphatic carbocycles. The molecule has 0 radical (unpaired) electrons. The van der Waals surface area contributed by atoms with Gasteiger partial charge in [0.25, 0.3) is 5.91 Å². The number of benzene rings is 3. The van der Waals surface area contributed by atoms with Crippen LogP contribution in [0.3, 0.4) is 0 Å². The number of hydrogen-bond donors (Lipinski definition) is 0. The lowest BCUT2D eigenvalue weighted by molar-refractivity contribution is 0.0595. The quantitative estimate of drug-likeness (QED) is 0.184. The summed E-state index contributed by atoms with van der Waals surface area (Å²) in [6, 6.07) is 24.0. The summed E-state index contributed by atoms with van der Waals surface area (Å²) in [6.07, 6.45) is 0.896. The molecule has 0 fully saturated rings. The van der Waals surface area contributed by atoms with E-state index in [1.165, 1.54) is 5.56 Å². The van der Waals surface area contributed by atoms with Gasteiger partial charge in [0, 0.05) is 23.7 Å². The first-order valence-electron chi connectivity index (χ1n) is 14.1. The molecule has 1 heterocycles. The number of nitrogens with zero attached hydrogens (tertiary/aromatic N) is 4. The zero-order valence-corrected chi connectivity index (χ0v) is 24.7. The summed E-state index contributed by atoms with van der Waals surface area (Å²) in [5.41, 5.74) is 4.91. The molecule has 0 N–H and O–H groups in total. The largest absolute Gasteiger partial charge is 0.328 e. The number of carbonyl (C=O) groups is 1. The fraction of sp³-hybridized carbons (Fsp3) is 0.394. The van der Waals surface area contributed by atoms with Crippen molar-refractivity contribution in [2.24, 2.45) is 5.92 Å². The average Bonchev–Trinajstić information content (AvgIpc) is 3.27. The first kappa shape index (κ1) is 28.8. The van der Waals surface area contributed by atoms with E-state index in [9.17, 15) is 4.79 Å². The van der Waals surface area contributed by atoms with Crippen LogP contribution < -0.4 is 0 Å². The normalized spacial score (nSPS) is 12.4. The smallest absolute Gasteiger partial charge is 0.254 e. The Morgan fingerprint density at radius 2 is 1.64 bits per heavy atom. The van der Waals surface area contributed by atoms with Crippen molar-refractivity contribution >= 4 is 28.5 Å². The predicted octanol–water partition coefficient (Wildman–Crippen LogP) is 7.62. The lowest BCUT2D eigenvalue weighted by atomic mass is 9.99. The molecule has 4 aromatic rings. The van der Waals surface area contributed by atoms with Crippen LogP contribution in [0.15, 0.2) is 72.8 Å². The molecule has 3 aromatic carbocycles. The molecule has 0 spiro atoms. The number of amides is 1. The molecule has 0 unspecified atom stereocenters. The van der Waals surface area contributed by atoms with Crippen LogP contribution in [0.25, 0.3) is 11.0 Å². The highest BCUT2D eigenvalue weighted by molar-refractivity contribution is 6.31. The Balaban J connectivity index is 1.81. The monoisotopic (exact) mass is 544 g/mol. The summed E-state index contributed by atoms with van der Waals surface area (Å²) in [5.74, 6) is 1.09. The molecule has 39 heavy (non-hydrogen) atoms. The van der Waals surface area contributed by atoms with E-state index >= 15 is 0 Å². The molecule has 5 nitrogen and oxygen atoms in total. The van der Waals surface area contributed by atoms with Gasteiger partial charge in [0.2, 0.25) is 0 Å². The van der Waals surface area contributed by atoms with Crippen molar-refractivity contribution in [2.75, 3.05) is 26.2 Å². The summed E-state index contributed by atoms with van der Waals surface area (Å²) in [4.78, 5) is 23.8. The molecule has 6 heteroatoms. The van der Waals surface area contributed by atoms with Gasteiger partial charge in [0.05, 0.1) is 17.1 Å². The summed E-state index contributed by atoms with van der Waals surface area (Å²) >= 11 is 6.40. The van der Waals surface area contributed by atoms with Crippen LogP contribution in [0.2, 0.25) is 5.02 Å². The molecule has 1 amide bonds. The van der Waals surface area contributed by atoms with Crippen molar-refractivity contribution in [1.29, 1.82) is 0 Å². The highest BCUT2D eigenvalue weighted by Crippen LogP contribution is 2.33. The third-order valence-electron chi connectivity index (χ3n) is 7.48. The van der Waals surface area contributed by atoms with Gasteiger partial charge in [0.1, 0.15) is 5.82 Å². The molecule has 0 bridgehead atoms. The van der Waals surface area contributed by atoms with Crippen LogP contribution in [0.4, 0.5) is 0 Å². The summed E-state index contributed by atoms with van der Waals surface area (Å²) in [6.45, 7) is 15.1. The van der Waals surface area contributed by atoms with Gasteiger partial charge in [0.15, 0.2) is 0 Å². The molecular weight excluding hydrogens is 504 g/mol. The van der Waals surface area contributed by atoms with Crippen LogP contribution in [-0.2, 0) is 6.54 Å². The van der Waals surface area contributed by atoms with Gasteiger partial charge in [-0.1, -0.05) is 87.3 Å². The zero-order chi connectivity index (χ0) is 27.9. The summed E-state index contributed by atoms with van der Waals surface area (Å²) in [7, 11) is 0. The van der Waals surface area contributed by atoms with Crippen molar-refractivity contribution in [2.45, 2.75) is 53.6 Å². The van der Waals surface area contributed by atoms with E-state index in [2.05, 4.69) is 66.3 Å². The van der Waals surface area contributed by atoms with Gasteiger partial charge in [-0.15, -0.1) is 0 Å². The number of aromatic nitrogens is 2. The second-order valence-electron chi connectivity index (χ2n) is 10.6. The minimum absolute atomic E-state index is 0.0459. The number of halogens is 1. The van der Waals surface area contributed by atoms with Crippen molar-refractivity contribution in [3.05, 3.63) is 100 Å². The third-order valence-corrected chi connectivity index (χ3v) is 7.72. The van der Waals surface area contributed by atoms with E-state index in [0.29, 0.717) is 23.7 Å². The van der Waals surface area contributed by atoms with E-state index in [1.54, 1.807) is 0 Å². The van der Waals surface area contributed by atoms with Crippen LogP contribution in [0.5, 0.6) is 0 Å². The Hall–Kier alpha value is -3.15. The minimum atomic E-state index is -0.203. The maximum Gasteiger partial charge on any atom is 0.254 e. The number of fused-ring (bicyclic) bond motifs is 1. The van der Waals surface area contributed by atoms with Gasteiger partial charge in [-0.3, -0.25) is 4.79 Å². The standard InChI is InChI=1S/C33H41ClN4O/c1-6-36(7-2)20-11-21-37(33(39)27-16-14-25(5)15-17-27)31(24(3)4)32-35-29-22-28(34)18-19-30(29)38(32)23-26-12-9-8-10-13-26/h8-10,12-19,22,24,31H,6-7,11,20-21,23H2,1-5H3/t31-/m1/s1. The third kappa shape index (κ3) is 6.90. The van der Waals surface area contributed by atoms with Gasteiger partial charge < -0.3 is 14.4 Å². The summed E-state index contributed by atoms with van der Waals surface area (Å²) in [5, 5.41) is 0.659. The van der Waals surface area contributed by atoms with E-state index in [4.69, 9.17) is 16.6 Å². The molecule has 4 rings (SSSR count). The van der Waals surface area contributed by atoms with Gasteiger partial charge >= 0.3 is 0 Å². The van der Waals surface area contributed by atoms with Gasteiger partial charge in [-0.25, -0.2) is 4.98 Å². The molecule has 0 saturated heterocycles. The SMILES string of the molecule is CCN(CC)CCCN(C(=O)c1ccc(C)cc1)[C@@H](c1nc2cc(Cl)ccc2n1Cc1ccccc1)C(C)C. The van der Waals surface area contributed by atoms with Gasteiger partial charge in [-0.05, 0) is 74.8 Å². The lowest BCUT2D eigenvalue weighted by Gasteiger charge is -2.35. The molecule has 0 aliphatic heterocycles. The first-order chi connectivity index (χ1) is 18.8. The van der Waals surface area contributed by atoms with E-state index < -0.39 is 0 Å². The Labute approximate surface area is 238 Å². The van der Waals surface area contributed by atoms with Crippen LogP contribution >= 0.6 is 11.6 Å². The van der Waals surface area contributed by atoms with Crippen LogP contribution in [0, 0.1) is 12.8 Å². The van der Waals surface area contributed by atoms with E-state index in [-0.39, 0.29) is 17.9 Å². The second-order valence-corrected chi connectivity index (χ2v) is 11.0. The average molecular weight is 545 g/mol. The van der Waals surface area contributed by atoms with E-state index in [0.717, 1.165) is 48.5 Å². The molecule has 1 aromatic heterocycles.